The van der Waals surface area contributed by atoms with E-state index in [-0.39, 0.29) is 17.6 Å². The molecule has 0 saturated carbocycles. The number of hydrogen-bond donors (Lipinski definition) is 4. The second kappa shape index (κ2) is 9.99. The van der Waals surface area contributed by atoms with Crippen molar-refractivity contribution in [3.63, 3.8) is 0 Å². The number of anilines is 3. The molecule has 0 radical (unpaired) electrons. The number of aryl methyl sites for hydroxylation is 1. The van der Waals surface area contributed by atoms with E-state index in [9.17, 15) is 4.79 Å². The summed E-state index contributed by atoms with van der Waals surface area (Å²) in [4.78, 5) is 25.2. The lowest BCUT2D eigenvalue weighted by Crippen LogP contribution is -2.29. The second-order valence-electron chi connectivity index (χ2n) is 6.61. The first kappa shape index (κ1) is 20.7. The minimum Gasteiger partial charge on any atom is -0.476 e. The van der Waals surface area contributed by atoms with Crippen molar-refractivity contribution in [3.8, 4) is 5.88 Å². The average molecular weight is 401 g/mol. The largest absolute Gasteiger partial charge is 0.476 e. The smallest absolute Gasteiger partial charge is 0.271 e. The van der Waals surface area contributed by atoms with E-state index in [1.165, 1.54) is 0 Å². The summed E-state index contributed by atoms with van der Waals surface area (Å²) in [6.07, 6.45) is 3.98. The van der Waals surface area contributed by atoms with Gasteiger partial charge in [0.15, 0.2) is 17.3 Å². The van der Waals surface area contributed by atoms with Crippen molar-refractivity contribution in [2.24, 2.45) is 11.5 Å². The van der Waals surface area contributed by atoms with Crippen LogP contribution in [-0.4, -0.2) is 53.3 Å². The molecule has 6 N–H and O–H groups in total. The number of primary amides is 1. The molecule has 0 atom stereocenters. The van der Waals surface area contributed by atoms with Crippen LogP contribution in [0, 0.1) is 0 Å². The van der Waals surface area contributed by atoms with Crippen LogP contribution in [-0.2, 0) is 11.2 Å². The van der Waals surface area contributed by atoms with Gasteiger partial charge in [0.25, 0.3) is 5.91 Å². The first-order valence-electron chi connectivity index (χ1n) is 9.71. The van der Waals surface area contributed by atoms with Gasteiger partial charge in [0, 0.05) is 43.8 Å². The lowest BCUT2D eigenvalue weighted by molar-refractivity contribution is 0.0903. The zero-order valence-electron chi connectivity index (χ0n) is 16.5. The van der Waals surface area contributed by atoms with Crippen LogP contribution in [0.4, 0.5) is 17.3 Å². The number of carbonyl (C=O) groups is 1. The number of pyridine rings is 1. The SMILES string of the molecule is CCc1nc(C(N)=O)c(Nc2ccnc(OCCN)c2)nc1NC1CCOCC1. The monoisotopic (exact) mass is 401 g/mol. The molecule has 0 aromatic carbocycles. The van der Waals surface area contributed by atoms with Crippen LogP contribution in [0.3, 0.4) is 0 Å². The number of hydrogen-bond acceptors (Lipinski definition) is 9. The van der Waals surface area contributed by atoms with Gasteiger partial charge in [-0.1, -0.05) is 6.92 Å². The van der Waals surface area contributed by atoms with Crippen LogP contribution in [0.1, 0.15) is 35.9 Å². The van der Waals surface area contributed by atoms with Crippen LogP contribution in [0.2, 0.25) is 0 Å². The molecule has 3 heterocycles. The fourth-order valence-electron chi connectivity index (χ4n) is 2.99. The molecule has 1 amide bonds. The van der Waals surface area contributed by atoms with E-state index in [2.05, 4.69) is 25.6 Å². The molecule has 2 aromatic rings. The first-order chi connectivity index (χ1) is 14.1. The van der Waals surface area contributed by atoms with Crippen molar-refractivity contribution in [3.05, 3.63) is 29.7 Å². The summed E-state index contributed by atoms with van der Waals surface area (Å²) in [5.74, 6) is 0.682. The molecule has 10 nitrogen and oxygen atoms in total. The van der Waals surface area contributed by atoms with Gasteiger partial charge in [-0.3, -0.25) is 4.79 Å². The number of amides is 1. The molecule has 1 aliphatic rings. The first-order valence-corrected chi connectivity index (χ1v) is 9.71. The Bertz CT molecular complexity index is 841. The molecule has 0 unspecified atom stereocenters. The highest BCUT2D eigenvalue weighted by molar-refractivity contribution is 5.96. The highest BCUT2D eigenvalue weighted by Crippen LogP contribution is 2.25. The fourth-order valence-corrected chi connectivity index (χ4v) is 2.99. The highest BCUT2D eigenvalue weighted by Gasteiger charge is 2.20. The van der Waals surface area contributed by atoms with E-state index in [4.69, 9.17) is 20.9 Å². The quantitative estimate of drug-likeness (QED) is 0.486. The zero-order valence-corrected chi connectivity index (χ0v) is 16.5. The van der Waals surface area contributed by atoms with E-state index in [1.807, 2.05) is 6.92 Å². The normalized spacial score (nSPS) is 14.4. The van der Waals surface area contributed by atoms with Crippen molar-refractivity contribution in [1.82, 2.24) is 15.0 Å². The second-order valence-corrected chi connectivity index (χ2v) is 6.61. The van der Waals surface area contributed by atoms with Crippen molar-refractivity contribution in [2.75, 3.05) is 37.0 Å². The lowest BCUT2D eigenvalue weighted by atomic mass is 10.1. The Morgan fingerprint density at radius 3 is 2.79 bits per heavy atom. The Morgan fingerprint density at radius 2 is 2.10 bits per heavy atom. The van der Waals surface area contributed by atoms with Crippen LogP contribution < -0.4 is 26.8 Å². The van der Waals surface area contributed by atoms with Gasteiger partial charge < -0.3 is 31.6 Å². The molecule has 0 bridgehead atoms. The Hall–Kier alpha value is -2.98. The molecule has 29 heavy (non-hydrogen) atoms. The van der Waals surface area contributed by atoms with Crippen molar-refractivity contribution < 1.29 is 14.3 Å². The topological polar surface area (TPSA) is 150 Å². The summed E-state index contributed by atoms with van der Waals surface area (Å²) < 4.78 is 10.9. The van der Waals surface area contributed by atoms with Gasteiger partial charge in [-0.25, -0.2) is 15.0 Å². The third-order valence-electron chi connectivity index (χ3n) is 4.46. The molecule has 1 saturated heterocycles. The number of carbonyl (C=O) groups excluding carboxylic acids is 1. The summed E-state index contributed by atoms with van der Waals surface area (Å²) in [6, 6.07) is 3.68. The Balaban J connectivity index is 1.89. The summed E-state index contributed by atoms with van der Waals surface area (Å²) >= 11 is 0. The van der Waals surface area contributed by atoms with Gasteiger partial charge in [-0.15, -0.1) is 0 Å². The molecule has 2 aromatic heterocycles. The highest BCUT2D eigenvalue weighted by atomic mass is 16.5. The van der Waals surface area contributed by atoms with E-state index in [0.29, 0.717) is 55.9 Å². The van der Waals surface area contributed by atoms with Gasteiger partial charge in [-0.2, -0.15) is 0 Å². The molecule has 0 spiro atoms. The summed E-state index contributed by atoms with van der Waals surface area (Å²) in [5.41, 5.74) is 12.4. The molecule has 10 heteroatoms. The maximum Gasteiger partial charge on any atom is 0.271 e. The lowest BCUT2D eigenvalue weighted by Gasteiger charge is -2.25. The molecule has 3 rings (SSSR count). The number of aromatic nitrogens is 3. The third kappa shape index (κ3) is 5.52. The van der Waals surface area contributed by atoms with Gasteiger partial charge in [0.05, 0.1) is 5.69 Å². The standard InChI is InChI=1S/C19H27N7O3/c1-2-14-18(23-12-4-8-28-9-5-12)26-19(16(25-14)17(21)27)24-13-3-7-22-15(11-13)29-10-6-20/h3,7,11-12H,2,4-6,8-10,20H2,1H3,(H2,21,27)(H2,22,23,24,26). The molecular formula is C19H27N7O3. The number of nitrogens with zero attached hydrogens (tertiary/aromatic N) is 3. The zero-order chi connectivity index (χ0) is 20.6. The van der Waals surface area contributed by atoms with Gasteiger partial charge in [0.2, 0.25) is 5.88 Å². The molecule has 156 valence electrons. The Labute approximate surface area is 169 Å². The fraction of sp³-hybridized carbons (Fsp3) is 0.474. The van der Waals surface area contributed by atoms with Crippen molar-refractivity contribution in [2.45, 2.75) is 32.2 Å². The summed E-state index contributed by atoms with van der Waals surface area (Å²) in [7, 11) is 0. The van der Waals surface area contributed by atoms with Crippen LogP contribution >= 0.6 is 0 Å². The minimum atomic E-state index is -0.652. The van der Waals surface area contributed by atoms with E-state index >= 15 is 0 Å². The third-order valence-corrected chi connectivity index (χ3v) is 4.46. The summed E-state index contributed by atoms with van der Waals surface area (Å²) in [6.45, 7) is 4.11. The maximum absolute atomic E-state index is 12.0. The number of nitrogens with two attached hydrogens (primary N) is 2. The maximum atomic E-state index is 12.0. The van der Waals surface area contributed by atoms with Crippen LogP contribution in [0.5, 0.6) is 5.88 Å². The predicted octanol–water partition coefficient (Wildman–Crippen LogP) is 1.20. The Morgan fingerprint density at radius 1 is 1.31 bits per heavy atom. The average Bonchev–Trinajstić information content (AvgIpc) is 2.73. The van der Waals surface area contributed by atoms with Gasteiger partial charge in [-0.05, 0) is 25.3 Å². The minimum absolute atomic E-state index is 0.0839. The van der Waals surface area contributed by atoms with Crippen LogP contribution in [0.25, 0.3) is 0 Å². The van der Waals surface area contributed by atoms with E-state index < -0.39 is 5.91 Å². The molecule has 1 fully saturated rings. The van der Waals surface area contributed by atoms with Crippen molar-refractivity contribution >= 4 is 23.2 Å². The number of rotatable bonds is 9. The molecule has 1 aliphatic heterocycles. The van der Waals surface area contributed by atoms with Gasteiger partial charge >= 0.3 is 0 Å². The molecule has 0 aliphatic carbocycles. The number of ether oxygens (including phenoxy) is 2. The van der Waals surface area contributed by atoms with Gasteiger partial charge in [0.1, 0.15) is 6.61 Å². The van der Waals surface area contributed by atoms with E-state index in [0.717, 1.165) is 12.8 Å². The van der Waals surface area contributed by atoms with E-state index in [1.54, 1.807) is 18.3 Å². The van der Waals surface area contributed by atoms with Crippen LogP contribution in [0.15, 0.2) is 18.3 Å². The number of nitrogens with one attached hydrogen (secondary N) is 2. The summed E-state index contributed by atoms with van der Waals surface area (Å²) in [5, 5.41) is 6.54. The van der Waals surface area contributed by atoms with Crippen molar-refractivity contribution in [1.29, 1.82) is 0 Å². The predicted molar refractivity (Wildman–Crippen MR) is 109 cm³/mol. The Kier molecular flexibility index (Phi) is 7.14. The molecular weight excluding hydrogens is 374 g/mol.